The summed E-state index contributed by atoms with van der Waals surface area (Å²) in [6.07, 6.45) is 4.95. The van der Waals surface area contributed by atoms with Gasteiger partial charge in [0.15, 0.2) is 5.82 Å². The van der Waals surface area contributed by atoms with Crippen LogP contribution in [0.1, 0.15) is 11.5 Å². The minimum atomic E-state index is -0.271. The molecule has 0 aromatic carbocycles. The summed E-state index contributed by atoms with van der Waals surface area (Å²) in [4.78, 5) is 21.6. The Morgan fingerprint density at radius 3 is 2.89 bits per heavy atom. The van der Waals surface area contributed by atoms with Crippen molar-refractivity contribution < 1.29 is 4.79 Å². The summed E-state index contributed by atoms with van der Waals surface area (Å²) in [5.41, 5.74) is 4.05. The maximum absolute atomic E-state index is 11.7. The van der Waals surface area contributed by atoms with Gasteiger partial charge in [0, 0.05) is 18.1 Å². The monoisotopic (exact) mass is 261 g/mol. The Labute approximate surface area is 107 Å². The van der Waals surface area contributed by atoms with E-state index in [1.807, 2.05) is 0 Å². The lowest BCUT2D eigenvalue weighted by molar-refractivity contribution is -0.116. The normalized spacial score (nSPS) is 17.1. The SMILES string of the molecule is O=C1NN=C(c2ncc[nH]2)C1=Cc1ccc(Cl)[nH]1. The van der Waals surface area contributed by atoms with Gasteiger partial charge in [-0.3, -0.25) is 4.79 Å². The summed E-state index contributed by atoms with van der Waals surface area (Å²) in [5.74, 6) is 0.268. The maximum Gasteiger partial charge on any atom is 0.273 e. The molecule has 1 aliphatic heterocycles. The van der Waals surface area contributed by atoms with Crippen LogP contribution in [0.2, 0.25) is 5.15 Å². The standard InChI is InChI=1S/C11H8ClN5O/c12-8-2-1-6(15-8)5-7-9(16-17-11(7)18)10-13-3-4-14-10/h1-5,15H,(H,13,14)(H,17,18). The van der Waals surface area contributed by atoms with Crippen LogP contribution < -0.4 is 5.43 Å². The molecule has 7 heteroatoms. The first-order chi connectivity index (χ1) is 8.74. The van der Waals surface area contributed by atoms with E-state index < -0.39 is 0 Å². The molecule has 1 amide bonds. The molecule has 0 spiro atoms. The molecule has 0 saturated heterocycles. The second-order valence-corrected chi connectivity index (χ2v) is 4.07. The maximum atomic E-state index is 11.7. The molecule has 6 nitrogen and oxygen atoms in total. The average Bonchev–Trinajstić information content (AvgIpc) is 3.03. The molecule has 2 aromatic heterocycles. The largest absolute Gasteiger partial charge is 0.346 e. The highest BCUT2D eigenvalue weighted by Gasteiger charge is 2.25. The van der Waals surface area contributed by atoms with Crippen LogP contribution in [0.4, 0.5) is 0 Å². The number of H-pyrrole nitrogens is 2. The second kappa shape index (κ2) is 4.15. The zero-order valence-electron chi connectivity index (χ0n) is 9.07. The van der Waals surface area contributed by atoms with Crippen molar-refractivity contribution in [2.75, 3.05) is 0 Å². The number of rotatable bonds is 2. The average molecular weight is 262 g/mol. The Hall–Kier alpha value is -2.34. The Balaban J connectivity index is 2.01. The van der Waals surface area contributed by atoms with Crippen molar-refractivity contribution >= 4 is 29.3 Å². The van der Waals surface area contributed by atoms with Crippen molar-refractivity contribution in [3.05, 3.63) is 46.8 Å². The van der Waals surface area contributed by atoms with Gasteiger partial charge in [0.2, 0.25) is 0 Å². The lowest BCUT2D eigenvalue weighted by Gasteiger charge is -1.96. The first-order valence-corrected chi connectivity index (χ1v) is 5.56. The van der Waals surface area contributed by atoms with E-state index >= 15 is 0 Å². The van der Waals surface area contributed by atoms with Crippen LogP contribution in [0.5, 0.6) is 0 Å². The highest BCUT2D eigenvalue weighted by Crippen LogP contribution is 2.16. The summed E-state index contributed by atoms with van der Waals surface area (Å²) < 4.78 is 0. The van der Waals surface area contributed by atoms with E-state index in [-0.39, 0.29) is 5.91 Å². The van der Waals surface area contributed by atoms with Crippen molar-refractivity contribution in [1.29, 1.82) is 0 Å². The number of imidazole rings is 1. The summed E-state index contributed by atoms with van der Waals surface area (Å²) in [7, 11) is 0. The van der Waals surface area contributed by atoms with Gasteiger partial charge in [-0.25, -0.2) is 10.4 Å². The number of aromatic amines is 2. The number of hydrogen-bond acceptors (Lipinski definition) is 3. The molecule has 3 heterocycles. The number of hydrogen-bond donors (Lipinski definition) is 3. The van der Waals surface area contributed by atoms with Crippen LogP contribution in [-0.2, 0) is 4.79 Å². The summed E-state index contributed by atoms with van der Waals surface area (Å²) in [5, 5.41) is 4.46. The first kappa shape index (κ1) is 10.8. The molecule has 0 atom stereocenters. The quantitative estimate of drug-likeness (QED) is 0.712. The van der Waals surface area contributed by atoms with E-state index in [4.69, 9.17) is 11.6 Å². The lowest BCUT2D eigenvalue weighted by Crippen LogP contribution is -2.14. The zero-order valence-corrected chi connectivity index (χ0v) is 9.82. The third-order valence-electron chi connectivity index (χ3n) is 2.46. The molecule has 0 radical (unpaired) electrons. The van der Waals surface area contributed by atoms with Crippen molar-refractivity contribution in [3.63, 3.8) is 0 Å². The number of aromatic nitrogens is 3. The molecular weight excluding hydrogens is 254 g/mol. The summed E-state index contributed by atoms with van der Waals surface area (Å²) in [6.45, 7) is 0. The molecule has 3 rings (SSSR count). The van der Waals surface area contributed by atoms with Crippen molar-refractivity contribution in [2.45, 2.75) is 0 Å². The van der Waals surface area contributed by atoms with E-state index in [0.717, 1.165) is 5.69 Å². The van der Waals surface area contributed by atoms with Crippen LogP contribution in [-0.4, -0.2) is 26.6 Å². The van der Waals surface area contributed by atoms with Crippen LogP contribution in [0.25, 0.3) is 6.08 Å². The van der Waals surface area contributed by atoms with Crippen LogP contribution in [0, 0.1) is 0 Å². The van der Waals surface area contributed by atoms with Crippen molar-refractivity contribution in [2.24, 2.45) is 5.10 Å². The molecule has 2 aromatic rings. The van der Waals surface area contributed by atoms with Crippen LogP contribution >= 0.6 is 11.6 Å². The molecule has 18 heavy (non-hydrogen) atoms. The number of amides is 1. The third-order valence-corrected chi connectivity index (χ3v) is 2.68. The molecular formula is C11H8ClN5O. The minimum absolute atomic E-state index is 0.271. The van der Waals surface area contributed by atoms with Gasteiger partial charge in [-0.1, -0.05) is 11.6 Å². The number of hydrazone groups is 1. The number of halogens is 1. The van der Waals surface area contributed by atoms with Gasteiger partial charge >= 0.3 is 0 Å². The highest BCUT2D eigenvalue weighted by atomic mass is 35.5. The topological polar surface area (TPSA) is 85.9 Å². The smallest absolute Gasteiger partial charge is 0.273 e. The van der Waals surface area contributed by atoms with Gasteiger partial charge in [0.05, 0.1) is 5.57 Å². The van der Waals surface area contributed by atoms with Gasteiger partial charge in [0.25, 0.3) is 5.91 Å². The fourth-order valence-electron chi connectivity index (χ4n) is 1.67. The van der Waals surface area contributed by atoms with Crippen molar-refractivity contribution in [3.8, 4) is 0 Å². The molecule has 0 saturated carbocycles. The van der Waals surface area contributed by atoms with Crippen molar-refractivity contribution in [1.82, 2.24) is 20.4 Å². The highest BCUT2D eigenvalue weighted by molar-refractivity contribution is 6.32. The van der Waals surface area contributed by atoms with Gasteiger partial charge in [-0.05, 0) is 18.2 Å². The van der Waals surface area contributed by atoms with Crippen LogP contribution in [0.3, 0.4) is 0 Å². The predicted molar refractivity (Wildman–Crippen MR) is 67.0 cm³/mol. The summed E-state index contributed by atoms with van der Waals surface area (Å²) in [6, 6.07) is 3.49. The van der Waals surface area contributed by atoms with E-state index in [1.165, 1.54) is 0 Å². The molecule has 90 valence electrons. The van der Waals surface area contributed by atoms with E-state index in [1.54, 1.807) is 30.6 Å². The summed E-state index contributed by atoms with van der Waals surface area (Å²) >= 11 is 5.78. The van der Waals surface area contributed by atoms with E-state index in [0.29, 0.717) is 22.3 Å². The molecule has 3 N–H and O–H groups in total. The van der Waals surface area contributed by atoms with Gasteiger partial charge in [0.1, 0.15) is 10.9 Å². The molecule has 1 aliphatic rings. The van der Waals surface area contributed by atoms with Gasteiger partial charge in [-0.15, -0.1) is 0 Å². The number of carbonyl (C=O) groups excluding carboxylic acids is 1. The third kappa shape index (κ3) is 1.82. The number of nitrogens with zero attached hydrogens (tertiary/aromatic N) is 2. The fourth-order valence-corrected chi connectivity index (χ4v) is 1.84. The van der Waals surface area contributed by atoms with E-state index in [2.05, 4.69) is 25.5 Å². The van der Waals surface area contributed by atoms with E-state index in [9.17, 15) is 4.79 Å². The number of carbonyl (C=O) groups is 1. The second-order valence-electron chi connectivity index (χ2n) is 3.66. The van der Waals surface area contributed by atoms with Gasteiger partial charge < -0.3 is 9.97 Å². The molecule has 0 aliphatic carbocycles. The zero-order chi connectivity index (χ0) is 12.5. The minimum Gasteiger partial charge on any atom is -0.346 e. The number of nitrogens with one attached hydrogen (secondary N) is 3. The van der Waals surface area contributed by atoms with Crippen LogP contribution in [0.15, 0.2) is 35.2 Å². The molecule has 0 fully saturated rings. The molecule has 0 bridgehead atoms. The molecule has 0 unspecified atom stereocenters. The lowest BCUT2D eigenvalue weighted by atomic mass is 10.1. The Bertz CT molecular complexity index is 653. The first-order valence-electron chi connectivity index (χ1n) is 5.18. The van der Waals surface area contributed by atoms with Gasteiger partial charge in [-0.2, -0.15) is 5.10 Å². The Morgan fingerprint density at radius 2 is 2.22 bits per heavy atom. The fraction of sp³-hybridized carbons (Fsp3) is 0. The Morgan fingerprint density at radius 1 is 1.33 bits per heavy atom. The Kier molecular flexibility index (Phi) is 2.49. The predicted octanol–water partition coefficient (Wildman–Crippen LogP) is 1.31.